The number of rotatable bonds is 4. The molecular formula is C10H16N2. The molecule has 0 spiro atoms. The highest BCUT2D eigenvalue weighted by molar-refractivity contribution is 5.78. The highest BCUT2D eigenvalue weighted by atomic mass is 15.2. The van der Waals surface area contributed by atoms with Gasteiger partial charge in [-0.05, 0) is 25.8 Å². The highest BCUT2D eigenvalue weighted by Crippen LogP contribution is 1.95. The SMILES string of the molecule is C=C(C)/C=C(C)/C=N\N=C\CC. The van der Waals surface area contributed by atoms with Crippen LogP contribution in [-0.4, -0.2) is 12.4 Å². The number of hydrogen-bond acceptors (Lipinski definition) is 2. The van der Waals surface area contributed by atoms with Crippen molar-refractivity contribution in [2.75, 3.05) is 0 Å². The van der Waals surface area contributed by atoms with Crippen LogP contribution in [0.5, 0.6) is 0 Å². The van der Waals surface area contributed by atoms with Gasteiger partial charge in [-0.15, -0.1) is 0 Å². The van der Waals surface area contributed by atoms with Gasteiger partial charge in [0.05, 0.1) is 6.21 Å². The van der Waals surface area contributed by atoms with E-state index in [1.807, 2.05) is 26.8 Å². The van der Waals surface area contributed by atoms with Crippen molar-refractivity contribution in [3.63, 3.8) is 0 Å². The fourth-order valence-corrected chi connectivity index (χ4v) is 0.679. The predicted octanol–water partition coefficient (Wildman–Crippen LogP) is 2.98. The molecule has 0 heterocycles. The molecule has 0 aliphatic heterocycles. The molecule has 0 fully saturated rings. The minimum absolute atomic E-state index is 0.917. The zero-order valence-electron chi connectivity index (χ0n) is 8.04. The van der Waals surface area contributed by atoms with Gasteiger partial charge in [-0.25, -0.2) is 0 Å². The van der Waals surface area contributed by atoms with Crippen LogP contribution in [0.2, 0.25) is 0 Å². The lowest BCUT2D eigenvalue weighted by Gasteiger charge is -1.88. The summed E-state index contributed by atoms with van der Waals surface area (Å²) >= 11 is 0. The summed E-state index contributed by atoms with van der Waals surface area (Å²) in [6, 6.07) is 0. The zero-order valence-corrected chi connectivity index (χ0v) is 8.04. The largest absolute Gasteiger partial charge is 0.164 e. The minimum atomic E-state index is 0.917. The molecule has 0 aromatic rings. The molecular weight excluding hydrogens is 148 g/mol. The molecule has 0 aromatic carbocycles. The van der Waals surface area contributed by atoms with Gasteiger partial charge in [0.25, 0.3) is 0 Å². The summed E-state index contributed by atoms with van der Waals surface area (Å²) in [6.45, 7) is 9.71. The maximum Gasteiger partial charge on any atom is 0.0524 e. The average Bonchev–Trinajstić information content (AvgIpc) is 1.97. The third-order valence-corrected chi connectivity index (χ3v) is 1.07. The lowest BCUT2D eigenvalue weighted by atomic mass is 10.2. The van der Waals surface area contributed by atoms with Crippen LogP contribution in [0.4, 0.5) is 0 Å². The number of allylic oxidation sites excluding steroid dienone is 3. The topological polar surface area (TPSA) is 24.7 Å². The maximum atomic E-state index is 3.85. The number of hydrogen-bond donors (Lipinski definition) is 0. The maximum absolute atomic E-state index is 3.85. The van der Waals surface area contributed by atoms with Gasteiger partial charge in [0.1, 0.15) is 0 Å². The third kappa shape index (κ3) is 6.93. The van der Waals surface area contributed by atoms with Gasteiger partial charge >= 0.3 is 0 Å². The summed E-state index contributed by atoms with van der Waals surface area (Å²) in [4.78, 5) is 0. The van der Waals surface area contributed by atoms with E-state index in [0.29, 0.717) is 0 Å². The Kier molecular flexibility index (Phi) is 5.88. The second-order valence-corrected chi connectivity index (χ2v) is 2.69. The van der Waals surface area contributed by atoms with E-state index in [1.54, 1.807) is 12.4 Å². The first-order valence-corrected chi connectivity index (χ1v) is 4.05. The fourth-order valence-electron chi connectivity index (χ4n) is 0.679. The molecule has 0 bridgehead atoms. The monoisotopic (exact) mass is 164 g/mol. The number of nitrogens with zero attached hydrogens (tertiary/aromatic N) is 2. The normalized spacial score (nSPS) is 13.1. The Morgan fingerprint density at radius 3 is 2.50 bits per heavy atom. The molecule has 0 aromatic heterocycles. The smallest absolute Gasteiger partial charge is 0.0524 e. The van der Waals surface area contributed by atoms with E-state index in [0.717, 1.165) is 17.6 Å². The standard InChI is InChI=1S/C10H16N2/c1-5-6-11-12-8-10(4)7-9(2)3/h6-8H,2,5H2,1,3-4H3/b10-7+,11-6+,12-8-. The van der Waals surface area contributed by atoms with Crippen LogP contribution in [0.1, 0.15) is 27.2 Å². The Hall–Kier alpha value is -1.18. The first-order chi connectivity index (χ1) is 5.66. The van der Waals surface area contributed by atoms with Gasteiger partial charge in [0.2, 0.25) is 0 Å². The molecule has 0 radical (unpaired) electrons. The molecule has 0 N–H and O–H groups in total. The second kappa shape index (κ2) is 6.53. The van der Waals surface area contributed by atoms with Gasteiger partial charge in [0.15, 0.2) is 0 Å². The molecule has 0 atom stereocenters. The van der Waals surface area contributed by atoms with Crippen LogP contribution in [0.3, 0.4) is 0 Å². The Morgan fingerprint density at radius 2 is 2.00 bits per heavy atom. The molecule has 0 aliphatic rings. The van der Waals surface area contributed by atoms with Gasteiger partial charge in [0, 0.05) is 6.21 Å². The van der Waals surface area contributed by atoms with Crippen LogP contribution >= 0.6 is 0 Å². The molecule has 0 aliphatic carbocycles. The van der Waals surface area contributed by atoms with Crippen LogP contribution < -0.4 is 0 Å². The lowest BCUT2D eigenvalue weighted by Crippen LogP contribution is -1.77. The predicted molar refractivity (Wildman–Crippen MR) is 55.8 cm³/mol. The quantitative estimate of drug-likeness (QED) is 0.347. The molecule has 0 amide bonds. The van der Waals surface area contributed by atoms with Crippen molar-refractivity contribution in [2.45, 2.75) is 27.2 Å². The van der Waals surface area contributed by atoms with Crippen molar-refractivity contribution < 1.29 is 0 Å². The molecule has 12 heavy (non-hydrogen) atoms. The Balaban J connectivity index is 3.99. The van der Waals surface area contributed by atoms with E-state index in [-0.39, 0.29) is 0 Å². The van der Waals surface area contributed by atoms with E-state index in [4.69, 9.17) is 0 Å². The van der Waals surface area contributed by atoms with Gasteiger partial charge < -0.3 is 0 Å². The molecule has 0 rings (SSSR count). The highest BCUT2D eigenvalue weighted by Gasteiger charge is 1.81. The van der Waals surface area contributed by atoms with E-state index >= 15 is 0 Å². The van der Waals surface area contributed by atoms with E-state index in [1.165, 1.54) is 0 Å². The molecule has 2 heteroatoms. The fraction of sp³-hybridized carbons (Fsp3) is 0.400. The summed E-state index contributed by atoms with van der Waals surface area (Å²) in [5.74, 6) is 0. The van der Waals surface area contributed by atoms with E-state index < -0.39 is 0 Å². The lowest BCUT2D eigenvalue weighted by molar-refractivity contribution is 1.21. The van der Waals surface area contributed by atoms with Crippen LogP contribution in [0.25, 0.3) is 0 Å². The van der Waals surface area contributed by atoms with Crippen molar-refractivity contribution in [3.8, 4) is 0 Å². The van der Waals surface area contributed by atoms with E-state index in [9.17, 15) is 0 Å². The van der Waals surface area contributed by atoms with Crippen molar-refractivity contribution in [2.24, 2.45) is 10.2 Å². The molecule has 0 saturated carbocycles. The molecule has 0 unspecified atom stereocenters. The summed E-state index contributed by atoms with van der Waals surface area (Å²) in [6.07, 6.45) is 6.37. The van der Waals surface area contributed by atoms with Gasteiger partial charge in [-0.2, -0.15) is 10.2 Å². The zero-order chi connectivity index (χ0) is 9.40. The van der Waals surface area contributed by atoms with Crippen molar-refractivity contribution in [1.82, 2.24) is 0 Å². The van der Waals surface area contributed by atoms with Crippen molar-refractivity contribution in [1.29, 1.82) is 0 Å². The molecule has 2 nitrogen and oxygen atoms in total. The van der Waals surface area contributed by atoms with Crippen molar-refractivity contribution in [3.05, 3.63) is 23.8 Å². The summed E-state index contributed by atoms with van der Waals surface area (Å²) in [7, 11) is 0. The third-order valence-electron chi connectivity index (χ3n) is 1.07. The summed E-state index contributed by atoms with van der Waals surface area (Å²) in [5, 5.41) is 7.66. The van der Waals surface area contributed by atoms with E-state index in [2.05, 4.69) is 16.8 Å². The Morgan fingerprint density at radius 1 is 1.33 bits per heavy atom. The van der Waals surface area contributed by atoms with Crippen LogP contribution in [0.15, 0.2) is 34.0 Å². The Bertz CT molecular complexity index is 222. The summed E-state index contributed by atoms with van der Waals surface area (Å²) in [5.41, 5.74) is 2.09. The second-order valence-electron chi connectivity index (χ2n) is 2.69. The van der Waals surface area contributed by atoms with Crippen LogP contribution in [0, 0.1) is 0 Å². The summed E-state index contributed by atoms with van der Waals surface area (Å²) < 4.78 is 0. The molecule has 66 valence electrons. The first kappa shape index (κ1) is 10.8. The average molecular weight is 164 g/mol. The van der Waals surface area contributed by atoms with Gasteiger partial charge in [-0.1, -0.05) is 25.2 Å². The first-order valence-electron chi connectivity index (χ1n) is 4.05. The van der Waals surface area contributed by atoms with Gasteiger partial charge in [-0.3, -0.25) is 0 Å². The molecule has 0 saturated heterocycles. The minimum Gasteiger partial charge on any atom is -0.164 e. The van der Waals surface area contributed by atoms with Crippen LogP contribution in [-0.2, 0) is 0 Å². The Labute approximate surface area is 74.4 Å². The van der Waals surface area contributed by atoms with Crippen molar-refractivity contribution >= 4 is 12.4 Å².